The Bertz CT molecular complexity index is 564. The molecule has 3 rings (SSSR count). The van der Waals surface area contributed by atoms with E-state index < -0.39 is 0 Å². The molecule has 0 aromatic carbocycles. The second-order valence-corrected chi connectivity index (χ2v) is 5.31. The van der Waals surface area contributed by atoms with E-state index in [0.29, 0.717) is 11.9 Å². The quantitative estimate of drug-likeness (QED) is 0.875. The number of nitrogens with zero attached hydrogens (tertiary/aromatic N) is 4. The van der Waals surface area contributed by atoms with Crippen molar-refractivity contribution >= 4 is 33.2 Å². The summed E-state index contributed by atoms with van der Waals surface area (Å²) in [5.41, 5.74) is 6.77. The Kier molecular flexibility index (Phi) is 2.47. The number of nitrogens with two attached hydrogens (primary N) is 1. The van der Waals surface area contributed by atoms with Gasteiger partial charge in [-0.25, -0.2) is 4.98 Å². The molecule has 0 saturated carbocycles. The summed E-state index contributed by atoms with van der Waals surface area (Å²) in [7, 11) is 0. The van der Waals surface area contributed by atoms with Crippen LogP contribution in [0.3, 0.4) is 0 Å². The molecule has 3 heterocycles. The van der Waals surface area contributed by atoms with Crippen molar-refractivity contribution in [3.8, 4) is 0 Å². The number of halogens is 1. The summed E-state index contributed by atoms with van der Waals surface area (Å²) in [6, 6.07) is 2.43. The third-order valence-corrected chi connectivity index (χ3v) is 3.85. The number of rotatable bonds is 1. The van der Waals surface area contributed by atoms with Gasteiger partial charge >= 0.3 is 0 Å². The van der Waals surface area contributed by atoms with Crippen molar-refractivity contribution in [2.45, 2.75) is 25.8 Å². The van der Waals surface area contributed by atoms with E-state index in [1.54, 1.807) is 10.7 Å². The molecule has 0 bridgehead atoms. The van der Waals surface area contributed by atoms with Crippen molar-refractivity contribution in [1.29, 1.82) is 0 Å². The lowest BCUT2D eigenvalue weighted by Crippen LogP contribution is -2.27. The summed E-state index contributed by atoms with van der Waals surface area (Å²) >= 11 is 3.44. The summed E-state index contributed by atoms with van der Waals surface area (Å²) in [6.07, 6.45) is 4.15. The van der Waals surface area contributed by atoms with Gasteiger partial charge in [0.1, 0.15) is 11.6 Å². The Morgan fingerprint density at radius 3 is 3.06 bits per heavy atom. The third-order valence-electron chi connectivity index (χ3n) is 3.29. The Hall–Kier alpha value is -1.30. The van der Waals surface area contributed by atoms with E-state index in [1.807, 2.05) is 6.07 Å². The summed E-state index contributed by atoms with van der Waals surface area (Å²) < 4.78 is 2.52. The first-order valence-electron chi connectivity index (χ1n) is 5.73. The molecule has 0 aliphatic carbocycles. The van der Waals surface area contributed by atoms with Crippen LogP contribution in [0.4, 0.5) is 11.6 Å². The largest absolute Gasteiger partial charge is 0.383 e. The van der Waals surface area contributed by atoms with Crippen molar-refractivity contribution < 1.29 is 0 Å². The highest BCUT2D eigenvalue weighted by molar-refractivity contribution is 9.10. The van der Waals surface area contributed by atoms with Crippen LogP contribution in [-0.4, -0.2) is 27.2 Å². The minimum Gasteiger partial charge on any atom is -0.383 e. The van der Waals surface area contributed by atoms with Gasteiger partial charge < -0.3 is 10.6 Å². The molecule has 0 unspecified atom stereocenters. The lowest BCUT2D eigenvalue weighted by atomic mass is 10.2. The van der Waals surface area contributed by atoms with Crippen LogP contribution in [0.5, 0.6) is 0 Å². The summed E-state index contributed by atoms with van der Waals surface area (Å²) in [6.45, 7) is 3.27. The zero-order valence-electron chi connectivity index (χ0n) is 9.60. The molecule has 1 aliphatic rings. The predicted molar refractivity (Wildman–Crippen MR) is 71.1 cm³/mol. The van der Waals surface area contributed by atoms with Crippen LogP contribution >= 0.6 is 15.9 Å². The molecule has 1 aliphatic heterocycles. The molecule has 2 N–H and O–H groups in total. The zero-order valence-corrected chi connectivity index (χ0v) is 11.2. The van der Waals surface area contributed by atoms with Gasteiger partial charge in [0, 0.05) is 18.7 Å². The first-order valence-corrected chi connectivity index (χ1v) is 6.52. The van der Waals surface area contributed by atoms with Crippen molar-refractivity contribution in [1.82, 2.24) is 14.6 Å². The van der Waals surface area contributed by atoms with Gasteiger partial charge in [0.05, 0.1) is 10.7 Å². The van der Waals surface area contributed by atoms with Gasteiger partial charge in [-0.1, -0.05) is 0 Å². The molecule has 1 saturated heterocycles. The number of nitrogen functional groups attached to an aromatic ring is 1. The third kappa shape index (κ3) is 1.67. The molecule has 1 atom stereocenters. The second kappa shape index (κ2) is 3.87. The van der Waals surface area contributed by atoms with E-state index in [1.165, 1.54) is 12.8 Å². The Morgan fingerprint density at radius 2 is 2.35 bits per heavy atom. The molecule has 0 radical (unpaired) electrons. The number of anilines is 2. The maximum absolute atomic E-state index is 6.00. The van der Waals surface area contributed by atoms with E-state index in [4.69, 9.17) is 5.73 Å². The minimum atomic E-state index is 0.533. The topological polar surface area (TPSA) is 59.5 Å². The average molecular weight is 296 g/mol. The van der Waals surface area contributed by atoms with E-state index in [2.05, 4.69) is 37.8 Å². The minimum absolute atomic E-state index is 0.533. The Labute approximate surface area is 108 Å². The van der Waals surface area contributed by atoms with Gasteiger partial charge in [0.25, 0.3) is 0 Å². The molecule has 17 heavy (non-hydrogen) atoms. The zero-order chi connectivity index (χ0) is 12.0. The highest BCUT2D eigenvalue weighted by Crippen LogP contribution is 2.27. The highest BCUT2D eigenvalue weighted by atomic mass is 79.9. The van der Waals surface area contributed by atoms with Crippen LogP contribution in [0.15, 0.2) is 16.7 Å². The highest BCUT2D eigenvalue weighted by Gasteiger charge is 2.22. The lowest BCUT2D eigenvalue weighted by molar-refractivity contribution is 0.726. The maximum atomic E-state index is 6.00. The molecule has 2 aromatic heterocycles. The molecule has 90 valence electrons. The number of hydrogen-bond acceptors (Lipinski definition) is 4. The lowest BCUT2D eigenvalue weighted by Gasteiger charge is -2.22. The molecule has 6 heteroatoms. The summed E-state index contributed by atoms with van der Waals surface area (Å²) in [5.74, 6) is 1.57. The van der Waals surface area contributed by atoms with Crippen molar-refractivity contribution in [3.05, 3.63) is 16.7 Å². The Balaban J connectivity index is 2.14. The van der Waals surface area contributed by atoms with Crippen LogP contribution in [0, 0.1) is 0 Å². The van der Waals surface area contributed by atoms with Crippen LogP contribution in [-0.2, 0) is 0 Å². The van der Waals surface area contributed by atoms with Crippen molar-refractivity contribution in [2.75, 3.05) is 17.2 Å². The molecule has 0 amide bonds. The van der Waals surface area contributed by atoms with E-state index in [-0.39, 0.29) is 0 Å². The monoisotopic (exact) mass is 295 g/mol. The summed E-state index contributed by atoms with van der Waals surface area (Å²) in [5, 5.41) is 4.17. The molecular formula is C11H14BrN5. The van der Waals surface area contributed by atoms with Gasteiger partial charge in [-0.3, -0.25) is 0 Å². The van der Waals surface area contributed by atoms with Gasteiger partial charge in [-0.2, -0.15) is 9.61 Å². The average Bonchev–Trinajstić information content (AvgIpc) is 2.86. The SMILES string of the molecule is C[C@H]1CCCN1c1cc(N)n2ncc(Br)c2n1. The second-order valence-electron chi connectivity index (χ2n) is 4.45. The number of fused-ring (bicyclic) bond motifs is 1. The van der Waals surface area contributed by atoms with Crippen molar-refractivity contribution in [2.24, 2.45) is 0 Å². The Morgan fingerprint density at radius 1 is 1.53 bits per heavy atom. The molecule has 1 fully saturated rings. The van der Waals surface area contributed by atoms with Gasteiger partial charge in [-0.05, 0) is 35.7 Å². The van der Waals surface area contributed by atoms with E-state index >= 15 is 0 Å². The number of hydrogen-bond donors (Lipinski definition) is 1. The van der Waals surface area contributed by atoms with Crippen molar-refractivity contribution in [3.63, 3.8) is 0 Å². The van der Waals surface area contributed by atoms with Crippen LogP contribution in [0.2, 0.25) is 0 Å². The van der Waals surface area contributed by atoms with Gasteiger partial charge in [0.2, 0.25) is 0 Å². The predicted octanol–water partition coefficient (Wildman–Crippen LogP) is 2.06. The standard InChI is InChI=1S/C11H14BrN5/c1-7-3-2-4-16(7)10-5-9(13)17-11(15-10)8(12)6-14-17/h5-7H,2-4,13H2,1H3/t7-/m0/s1. The van der Waals surface area contributed by atoms with Crippen LogP contribution in [0.1, 0.15) is 19.8 Å². The fraction of sp³-hybridized carbons (Fsp3) is 0.455. The van der Waals surface area contributed by atoms with Crippen LogP contribution < -0.4 is 10.6 Å². The van der Waals surface area contributed by atoms with Gasteiger partial charge in [-0.15, -0.1) is 0 Å². The van der Waals surface area contributed by atoms with E-state index in [9.17, 15) is 0 Å². The van der Waals surface area contributed by atoms with Gasteiger partial charge in [0.15, 0.2) is 5.65 Å². The molecule has 2 aromatic rings. The fourth-order valence-corrected chi connectivity index (χ4v) is 2.71. The first kappa shape index (κ1) is 10.8. The molecule has 5 nitrogen and oxygen atoms in total. The molecule has 0 spiro atoms. The van der Waals surface area contributed by atoms with E-state index in [0.717, 1.165) is 22.5 Å². The van der Waals surface area contributed by atoms with Crippen LogP contribution in [0.25, 0.3) is 5.65 Å². The summed E-state index contributed by atoms with van der Waals surface area (Å²) in [4.78, 5) is 6.93. The maximum Gasteiger partial charge on any atom is 0.173 e. The fourth-order valence-electron chi connectivity index (χ4n) is 2.37. The smallest absolute Gasteiger partial charge is 0.173 e. The number of aromatic nitrogens is 3. The normalized spacial score (nSPS) is 20.4. The first-order chi connectivity index (χ1) is 8.16. The molecular weight excluding hydrogens is 282 g/mol.